The minimum atomic E-state index is -3.77. The van der Waals surface area contributed by atoms with Gasteiger partial charge in [0, 0.05) is 33.8 Å². The standard InChI is InChI=1S/C20H19Cl2N3O2S/c1-2-16-11-19-18(12-23-24-19)20(13-3-5-14(21)6-4-13)25(16)28(26,27)17-9-7-15(22)8-10-17/h3-10,12,16,20H,2,11H2,1H3,(H,23,24)/t16-,20+/m0/s1. The molecule has 0 aliphatic carbocycles. The minimum Gasteiger partial charge on any atom is -0.282 e. The van der Waals surface area contributed by atoms with E-state index in [1.807, 2.05) is 19.1 Å². The van der Waals surface area contributed by atoms with Gasteiger partial charge in [-0.1, -0.05) is 42.3 Å². The Hall–Kier alpha value is -1.86. The summed E-state index contributed by atoms with van der Waals surface area (Å²) >= 11 is 12.0. The van der Waals surface area contributed by atoms with Gasteiger partial charge in [-0.3, -0.25) is 5.10 Å². The number of nitrogens with one attached hydrogen (secondary N) is 1. The van der Waals surface area contributed by atoms with Crippen molar-refractivity contribution in [3.05, 3.63) is 81.6 Å². The van der Waals surface area contributed by atoms with Crippen molar-refractivity contribution >= 4 is 33.2 Å². The fourth-order valence-electron chi connectivity index (χ4n) is 3.75. The monoisotopic (exact) mass is 435 g/mol. The Morgan fingerprint density at radius 2 is 1.68 bits per heavy atom. The van der Waals surface area contributed by atoms with Gasteiger partial charge in [0.1, 0.15) is 0 Å². The molecule has 2 atom stereocenters. The van der Waals surface area contributed by atoms with E-state index in [-0.39, 0.29) is 10.9 Å². The van der Waals surface area contributed by atoms with E-state index in [9.17, 15) is 8.42 Å². The van der Waals surface area contributed by atoms with Crippen molar-refractivity contribution in [2.45, 2.75) is 36.7 Å². The van der Waals surface area contributed by atoms with Gasteiger partial charge < -0.3 is 0 Å². The molecule has 1 aromatic heterocycles. The van der Waals surface area contributed by atoms with E-state index in [4.69, 9.17) is 23.2 Å². The number of fused-ring (bicyclic) bond motifs is 1. The Bertz CT molecular complexity index is 1080. The van der Waals surface area contributed by atoms with Gasteiger partial charge in [0.25, 0.3) is 0 Å². The molecule has 28 heavy (non-hydrogen) atoms. The van der Waals surface area contributed by atoms with Crippen molar-refractivity contribution < 1.29 is 8.42 Å². The smallest absolute Gasteiger partial charge is 0.244 e. The van der Waals surface area contributed by atoms with Gasteiger partial charge in [0.15, 0.2) is 0 Å². The Morgan fingerprint density at radius 3 is 2.29 bits per heavy atom. The highest BCUT2D eigenvalue weighted by Gasteiger charge is 2.43. The van der Waals surface area contributed by atoms with Crippen molar-refractivity contribution in [1.82, 2.24) is 14.5 Å². The number of aromatic amines is 1. The van der Waals surface area contributed by atoms with Crippen molar-refractivity contribution in [3.63, 3.8) is 0 Å². The summed E-state index contributed by atoms with van der Waals surface area (Å²) < 4.78 is 29.0. The van der Waals surface area contributed by atoms with Gasteiger partial charge >= 0.3 is 0 Å². The zero-order valence-corrected chi connectivity index (χ0v) is 17.5. The first kappa shape index (κ1) is 19.5. The highest BCUT2D eigenvalue weighted by Crippen LogP contribution is 2.41. The van der Waals surface area contributed by atoms with Gasteiger partial charge in [-0.15, -0.1) is 0 Å². The zero-order chi connectivity index (χ0) is 19.9. The predicted molar refractivity (Wildman–Crippen MR) is 110 cm³/mol. The topological polar surface area (TPSA) is 66.1 Å². The van der Waals surface area contributed by atoms with Crippen molar-refractivity contribution in [2.24, 2.45) is 0 Å². The van der Waals surface area contributed by atoms with E-state index in [0.717, 1.165) is 16.8 Å². The first-order valence-electron chi connectivity index (χ1n) is 8.98. The van der Waals surface area contributed by atoms with Crippen LogP contribution in [0.3, 0.4) is 0 Å². The third-order valence-electron chi connectivity index (χ3n) is 5.15. The second kappa shape index (κ2) is 7.52. The van der Waals surface area contributed by atoms with Crippen LogP contribution in [0, 0.1) is 0 Å². The number of hydrogen-bond acceptors (Lipinski definition) is 3. The molecule has 3 aromatic rings. The van der Waals surface area contributed by atoms with Crippen LogP contribution in [-0.4, -0.2) is 29.0 Å². The number of benzene rings is 2. The molecule has 2 heterocycles. The van der Waals surface area contributed by atoms with Crippen LogP contribution in [0.5, 0.6) is 0 Å². The maximum Gasteiger partial charge on any atom is 0.244 e. The van der Waals surface area contributed by atoms with Crippen LogP contribution in [-0.2, 0) is 16.4 Å². The molecule has 0 saturated carbocycles. The molecule has 0 saturated heterocycles. The van der Waals surface area contributed by atoms with E-state index in [1.54, 1.807) is 46.9 Å². The first-order valence-corrected chi connectivity index (χ1v) is 11.2. The molecule has 0 spiro atoms. The van der Waals surface area contributed by atoms with E-state index in [1.165, 1.54) is 0 Å². The molecule has 1 aliphatic rings. The maximum absolute atomic E-state index is 13.7. The van der Waals surface area contributed by atoms with Crippen LogP contribution in [0.4, 0.5) is 0 Å². The van der Waals surface area contributed by atoms with Gasteiger partial charge in [-0.2, -0.15) is 9.40 Å². The highest BCUT2D eigenvalue weighted by molar-refractivity contribution is 7.89. The zero-order valence-electron chi connectivity index (χ0n) is 15.1. The summed E-state index contributed by atoms with van der Waals surface area (Å²) in [5, 5.41) is 8.31. The lowest BCUT2D eigenvalue weighted by molar-refractivity contribution is 0.248. The summed E-state index contributed by atoms with van der Waals surface area (Å²) in [6.45, 7) is 2.00. The average Bonchev–Trinajstić information content (AvgIpc) is 3.16. The number of sulfonamides is 1. The molecule has 0 unspecified atom stereocenters. The summed E-state index contributed by atoms with van der Waals surface area (Å²) in [6, 6.07) is 12.9. The molecule has 0 fully saturated rings. The third-order valence-corrected chi connectivity index (χ3v) is 7.58. The molecule has 4 rings (SSSR count). The first-order chi connectivity index (χ1) is 13.4. The Balaban J connectivity index is 1.90. The van der Waals surface area contributed by atoms with E-state index < -0.39 is 16.1 Å². The largest absolute Gasteiger partial charge is 0.282 e. The summed E-state index contributed by atoms with van der Waals surface area (Å²) in [4.78, 5) is 0.223. The lowest BCUT2D eigenvalue weighted by Crippen LogP contribution is -2.47. The normalized spacial score (nSPS) is 20.1. The van der Waals surface area contributed by atoms with Gasteiger partial charge in [-0.05, 0) is 48.4 Å². The number of hydrogen-bond donors (Lipinski definition) is 1. The van der Waals surface area contributed by atoms with Crippen LogP contribution < -0.4 is 0 Å². The fourth-order valence-corrected chi connectivity index (χ4v) is 5.86. The SMILES string of the molecule is CC[C@H]1Cc2[nH]ncc2[C@@H](c2ccc(Cl)cc2)N1S(=O)(=O)c1ccc(Cl)cc1. The molecule has 146 valence electrons. The van der Waals surface area contributed by atoms with E-state index >= 15 is 0 Å². The Morgan fingerprint density at radius 1 is 1.07 bits per heavy atom. The predicted octanol–water partition coefficient (Wildman–Crippen LogP) is 4.83. The number of rotatable bonds is 4. The molecule has 0 amide bonds. The van der Waals surface area contributed by atoms with Crippen molar-refractivity contribution in [1.29, 1.82) is 0 Å². The number of nitrogens with zero attached hydrogens (tertiary/aromatic N) is 2. The highest BCUT2D eigenvalue weighted by atomic mass is 35.5. The molecule has 1 N–H and O–H groups in total. The molecular weight excluding hydrogens is 417 g/mol. The Kier molecular flexibility index (Phi) is 5.22. The number of halogens is 2. The Labute approximate surface area is 174 Å². The molecule has 2 aromatic carbocycles. The third kappa shape index (κ3) is 3.35. The second-order valence-electron chi connectivity index (χ2n) is 6.81. The quantitative estimate of drug-likeness (QED) is 0.637. The van der Waals surface area contributed by atoms with E-state index in [2.05, 4.69) is 10.2 Å². The lowest BCUT2D eigenvalue weighted by atomic mass is 9.90. The summed E-state index contributed by atoms with van der Waals surface area (Å²) in [5.74, 6) is 0. The van der Waals surface area contributed by atoms with Gasteiger partial charge in [0.2, 0.25) is 10.0 Å². The number of aromatic nitrogens is 2. The van der Waals surface area contributed by atoms with Gasteiger partial charge in [0.05, 0.1) is 17.1 Å². The minimum absolute atomic E-state index is 0.200. The molecule has 5 nitrogen and oxygen atoms in total. The lowest BCUT2D eigenvalue weighted by Gasteiger charge is -2.40. The van der Waals surface area contributed by atoms with Crippen LogP contribution in [0.2, 0.25) is 10.0 Å². The molecule has 0 bridgehead atoms. The summed E-state index contributed by atoms with van der Waals surface area (Å²) in [5.41, 5.74) is 2.68. The molecular formula is C20H19Cl2N3O2S. The van der Waals surface area contributed by atoms with Crippen molar-refractivity contribution in [2.75, 3.05) is 0 Å². The van der Waals surface area contributed by atoms with Crippen LogP contribution in [0.1, 0.15) is 36.2 Å². The van der Waals surface area contributed by atoms with Crippen LogP contribution in [0.15, 0.2) is 59.6 Å². The molecule has 1 aliphatic heterocycles. The second-order valence-corrected chi connectivity index (χ2v) is 9.53. The van der Waals surface area contributed by atoms with Gasteiger partial charge in [-0.25, -0.2) is 8.42 Å². The molecule has 0 radical (unpaired) electrons. The maximum atomic E-state index is 13.7. The average molecular weight is 436 g/mol. The summed E-state index contributed by atoms with van der Waals surface area (Å²) in [6.07, 6.45) is 2.98. The summed E-state index contributed by atoms with van der Waals surface area (Å²) in [7, 11) is -3.77. The van der Waals surface area contributed by atoms with Crippen LogP contribution in [0.25, 0.3) is 0 Å². The van der Waals surface area contributed by atoms with Crippen molar-refractivity contribution in [3.8, 4) is 0 Å². The molecule has 8 heteroatoms. The van der Waals surface area contributed by atoms with E-state index in [0.29, 0.717) is 22.9 Å². The fraction of sp³-hybridized carbons (Fsp3) is 0.250. The van der Waals surface area contributed by atoms with Crippen LogP contribution >= 0.6 is 23.2 Å². The number of H-pyrrole nitrogens is 1.